The number of thiol groups is 1. The minimum atomic E-state index is -4.58. The van der Waals surface area contributed by atoms with Crippen molar-refractivity contribution in [1.82, 2.24) is 0 Å². The summed E-state index contributed by atoms with van der Waals surface area (Å²) in [5.41, 5.74) is -2.63. The monoisotopic (exact) mass is 312 g/mol. The van der Waals surface area contributed by atoms with Crippen LogP contribution in [0.1, 0.15) is 27.7 Å². The quantitative estimate of drug-likeness (QED) is 0.452. The van der Waals surface area contributed by atoms with Crippen molar-refractivity contribution in [2.75, 3.05) is 0 Å². The van der Waals surface area contributed by atoms with E-state index < -0.39 is 30.7 Å². The van der Waals surface area contributed by atoms with Gasteiger partial charge in [0, 0.05) is 0 Å². The Balaban J connectivity index is 2.59. The number of rotatable bonds is 1. The van der Waals surface area contributed by atoms with E-state index in [0.717, 1.165) is 0 Å². The summed E-state index contributed by atoms with van der Waals surface area (Å²) in [5, 5.41) is 0. The average molecular weight is 312 g/mol. The van der Waals surface area contributed by atoms with Crippen molar-refractivity contribution in [2.45, 2.75) is 38.9 Å². The maximum absolute atomic E-state index is 11.8. The molecule has 0 aromatic heterocycles. The Bertz CT molecular complexity index is 449. The Labute approximate surface area is 115 Å². The van der Waals surface area contributed by atoms with Crippen molar-refractivity contribution in [1.29, 1.82) is 0 Å². The summed E-state index contributed by atoms with van der Waals surface area (Å²) in [6.07, 6.45) is 0. The van der Waals surface area contributed by atoms with E-state index in [0.29, 0.717) is 0 Å². The third kappa shape index (κ3) is 1.63. The van der Waals surface area contributed by atoms with E-state index in [4.69, 9.17) is 30.3 Å². The van der Waals surface area contributed by atoms with Gasteiger partial charge in [0.05, 0.1) is 0 Å². The summed E-state index contributed by atoms with van der Waals surface area (Å²) in [6, 6.07) is 0. The first-order valence-corrected chi connectivity index (χ1v) is 7.87. The Morgan fingerprint density at radius 3 is 1.56 bits per heavy atom. The van der Waals surface area contributed by atoms with E-state index in [2.05, 4.69) is 12.6 Å². The summed E-state index contributed by atoms with van der Waals surface area (Å²) in [7, 11) is -4.58. The van der Waals surface area contributed by atoms with Crippen LogP contribution in [0.15, 0.2) is 0 Å². The van der Waals surface area contributed by atoms with Crippen LogP contribution in [0.4, 0.5) is 0 Å². The van der Waals surface area contributed by atoms with Crippen LogP contribution >= 0.6 is 32.4 Å². The molecule has 2 fully saturated rings. The average Bonchev–Trinajstić information content (AvgIpc) is 2.45. The Morgan fingerprint density at radius 1 is 1.06 bits per heavy atom. The molecule has 2 aliphatic heterocycles. The van der Waals surface area contributed by atoms with Crippen molar-refractivity contribution >= 4 is 48.2 Å². The van der Waals surface area contributed by atoms with Crippen molar-refractivity contribution in [2.24, 2.45) is 0 Å². The van der Waals surface area contributed by atoms with Crippen LogP contribution in [0.25, 0.3) is 0 Å². The molecule has 2 heterocycles. The van der Waals surface area contributed by atoms with Crippen molar-refractivity contribution < 1.29 is 27.7 Å². The molecule has 18 heavy (non-hydrogen) atoms. The van der Waals surface area contributed by atoms with Gasteiger partial charge in [0.2, 0.25) is 0 Å². The van der Waals surface area contributed by atoms with Crippen LogP contribution in [0.2, 0.25) is 0 Å². The second-order valence-corrected chi connectivity index (χ2v) is 9.67. The molecule has 0 saturated carbocycles. The van der Waals surface area contributed by atoms with Gasteiger partial charge in [-0.3, -0.25) is 0 Å². The second kappa shape index (κ2) is 3.43. The van der Waals surface area contributed by atoms with E-state index in [-0.39, 0.29) is 3.94 Å². The number of carbonyl (C=O) groups excluding carboxylic acids is 2. The predicted molar refractivity (Wildman–Crippen MR) is 71.0 cm³/mol. The van der Waals surface area contributed by atoms with Gasteiger partial charge in [-0.15, -0.1) is 0 Å². The van der Waals surface area contributed by atoms with Gasteiger partial charge in [0.15, 0.2) is 0 Å². The first-order valence-electron chi connectivity index (χ1n) is 5.11. The molecule has 9 heteroatoms. The molecular formula is C9H13O6PS2. The van der Waals surface area contributed by atoms with Crippen LogP contribution < -0.4 is 0 Å². The molecule has 102 valence electrons. The fourth-order valence-electron chi connectivity index (χ4n) is 1.64. The van der Waals surface area contributed by atoms with E-state index in [1.54, 1.807) is 0 Å². The standard InChI is InChI=1S/C9H13O6PS2/c1-8(2)5(10)12-16(14-8,7(17)18)13-6(11)9(3,4)15-16/h1-4H3,(H,17,18). The maximum atomic E-state index is 11.8. The molecule has 0 aromatic carbocycles. The van der Waals surface area contributed by atoms with Gasteiger partial charge < -0.3 is 0 Å². The molecule has 0 aromatic rings. The molecule has 0 atom stereocenters. The molecule has 0 aliphatic carbocycles. The molecule has 0 bridgehead atoms. The molecule has 0 N–H and O–H groups in total. The molecule has 0 unspecified atom stereocenters. The van der Waals surface area contributed by atoms with Crippen LogP contribution in [0.3, 0.4) is 0 Å². The normalized spacial score (nSPS) is 32.4. The zero-order valence-corrected chi connectivity index (χ0v) is 12.9. The van der Waals surface area contributed by atoms with E-state index in [9.17, 15) is 9.59 Å². The topological polar surface area (TPSA) is 71.1 Å². The minimum absolute atomic E-state index is 0.209. The first-order chi connectivity index (χ1) is 7.93. The third-order valence-electron chi connectivity index (χ3n) is 2.55. The fraction of sp³-hybridized carbons (Fsp3) is 0.667. The van der Waals surface area contributed by atoms with Gasteiger partial charge in [-0.05, 0) is 0 Å². The van der Waals surface area contributed by atoms with E-state index in [1.807, 2.05) is 0 Å². The first kappa shape index (κ1) is 14.1. The molecule has 2 saturated heterocycles. The van der Waals surface area contributed by atoms with Crippen molar-refractivity contribution in [3.8, 4) is 0 Å². The van der Waals surface area contributed by atoms with Gasteiger partial charge >= 0.3 is 115 Å². The summed E-state index contributed by atoms with van der Waals surface area (Å²) in [5.74, 6) is -1.41. The Hall–Kier alpha value is -0.270. The number of hydrogen-bond acceptors (Lipinski definition) is 7. The van der Waals surface area contributed by atoms with Crippen molar-refractivity contribution in [3.63, 3.8) is 0 Å². The Kier molecular flexibility index (Phi) is 2.70. The van der Waals surface area contributed by atoms with Gasteiger partial charge in [-0.25, -0.2) is 0 Å². The summed E-state index contributed by atoms with van der Waals surface area (Å²) >= 11 is 8.93. The van der Waals surface area contributed by atoms with Gasteiger partial charge in [0.25, 0.3) is 0 Å². The van der Waals surface area contributed by atoms with Gasteiger partial charge in [0.1, 0.15) is 0 Å². The van der Waals surface area contributed by atoms with E-state index in [1.165, 1.54) is 27.7 Å². The predicted octanol–water partition coefficient (Wildman–Crippen LogP) is 2.12. The van der Waals surface area contributed by atoms with Gasteiger partial charge in [-0.1, -0.05) is 0 Å². The van der Waals surface area contributed by atoms with Crippen molar-refractivity contribution in [3.05, 3.63) is 0 Å². The fourth-order valence-corrected chi connectivity index (χ4v) is 5.84. The molecule has 0 amide bonds. The molecule has 1 spiro atoms. The molecule has 6 nitrogen and oxygen atoms in total. The second-order valence-electron chi connectivity index (χ2n) is 5.06. The number of carbonyl (C=O) groups is 2. The van der Waals surface area contributed by atoms with Crippen LogP contribution in [-0.4, -0.2) is 27.1 Å². The van der Waals surface area contributed by atoms with Crippen LogP contribution in [-0.2, 0) is 27.7 Å². The summed E-state index contributed by atoms with van der Waals surface area (Å²) in [6.45, 7) is 5.91. The SMILES string of the molecule is CC1(C)OP2(C(=S)S)(OC1=O)OC(=O)C(C)(C)O2. The third-order valence-corrected chi connectivity index (χ3v) is 7.55. The molecular weight excluding hydrogens is 299 g/mol. The number of hydrogen-bond donors (Lipinski definition) is 1. The zero-order chi connectivity index (χ0) is 14.0. The van der Waals surface area contributed by atoms with Crippen LogP contribution in [0.5, 0.6) is 0 Å². The van der Waals surface area contributed by atoms with Crippen LogP contribution in [0, 0.1) is 0 Å². The zero-order valence-electron chi connectivity index (χ0n) is 10.3. The number of thiocarbonyl (C=S) groups is 1. The summed E-state index contributed by atoms with van der Waals surface area (Å²) in [4.78, 5) is 23.6. The molecule has 2 aliphatic rings. The van der Waals surface area contributed by atoms with E-state index >= 15 is 0 Å². The molecule has 0 radical (unpaired) electrons. The summed E-state index contributed by atoms with van der Waals surface area (Å²) < 4.78 is 21.2. The Morgan fingerprint density at radius 2 is 1.39 bits per heavy atom. The molecule has 2 rings (SSSR count). The van der Waals surface area contributed by atoms with Gasteiger partial charge in [-0.2, -0.15) is 0 Å².